The molecule has 0 spiro atoms. The van der Waals surface area contributed by atoms with Gasteiger partial charge in [0.1, 0.15) is 0 Å². The summed E-state index contributed by atoms with van der Waals surface area (Å²) in [6.45, 7) is 4.21. The molecular weight excluding hydrogens is 467 g/mol. The maximum Gasteiger partial charge on any atom is 0.243 e. The summed E-state index contributed by atoms with van der Waals surface area (Å²) in [6, 6.07) is 19.5. The van der Waals surface area contributed by atoms with Gasteiger partial charge < -0.3 is 20.7 Å². The third kappa shape index (κ3) is 9.70. The Morgan fingerprint density at radius 1 is 1.04 bits per heavy atom. The number of carbonyl (C=O) groups is 1. The molecule has 0 aliphatic rings. The average Bonchev–Trinajstić information content (AvgIpc) is 2.69. The maximum atomic E-state index is 12.0. The first-order valence-electron chi connectivity index (χ1n) is 9.08. The number of nitrogens with one attached hydrogen (secondary N) is 3. The van der Waals surface area contributed by atoms with Crippen LogP contribution in [0.4, 0.5) is 5.69 Å². The summed E-state index contributed by atoms with van der Waals surface area (Å²) in [5, 5.41) is 9.05. The SMILES string of the molecule is CN=C(NCC(=O)Nc1ccccc1)NCC(C)COCc1ccccc1.I. The van der Waals surface area contributed by atoms with Crippen LogP contribution in [0.25, 0.3) is 0 Å². The number of aliphatic imine (C=N–C) groups is 1. The summed E-state index contributed by atoms with van der Waals surface area (Å²) < 4.78 is 5.75. The van der Waals surface area contributed by atoms with Gasteiger partial charge in [-0.3, -0.25) is 9.79 Å². The summed E-state index contributed by atoms with van der Waals surface area (Å²) in [5.74, 6) is 0.780. The molecule has 1 amide bonds. The van der Waals surface area contributed by atoms with E-state index in [9.17, 15) is 4.79 Å². The molecule has 152 valence electrons. The van der Waals surface area contributed by atoms with Crippen molar-refractivity contribution in [3.8, 4) is 0 Å². The standard InChI is InChI=1S/C21H28N4O2.HI/c1-17(15-27-16-18-9-5-3-6-10-18)13-23-21(22-2)24-14-20(26)25-19-11-7-4-8-12-19;/h3-12,17H,13-16H2,1-2H3,(H,25,26)(H2,22,23,24);1H. The van der Waals surface area contributed by atoms with Crippen LogP contribution in [0.3, 0.4) is 0 Å². The van der Waals surface area contributed by atoms with Crippen LogP contribution in [-0.4, -0.2) is 38.6 Å². The second-order valence-corrected chi connectivity index (χ2v) is 6.33. The first-order valence-corrected chi connectivity index (χ1v) is 9.08. The Bertz CT molecular complexity index is 711. The lowest BCUT2D eigenvalue weighted by molar-refractivity contribution is -0.115. The van der Waals surface area contributed by atoms with E-state index < -0.39 is 0 Å². The molecule has 0 aromatic heterocycles. The zero-order chi connectivity index (χ0) is 19.3. The fourth-order valence-corrected chi connectivity index (χ4v) is 2.39. The number of amides is 1. The monoisotopic (exact) mass is 496 g/mol. The van der Waals surface area contributed by atoms with Crippen molar-refractivity contribution in [1.82, 2.24) is 10.6 Å². The normalized spacial score (nSPS) is 11.9. The predicted octanol–water partition coefficient (Wildman–Crippen LogP) is 3.26. The van der Waals surface area contributed by atoms with Gasteiger partial charge in [0.05, 0.1) is 19.8 Å². The van der Waals surface area contributed by atoms with Crippen molar-refractivity contribution in [3.63, 3.8) is 0 Å². The van der Waals surface area contributed by atoms with Gasteiger partial charge >= 0.3 is 0 Å². The van der Waals surface area contributed by atoms with Gasteiger partial charge in [-0.2, -0.15) is 0 Å². The van der Waals surface area contributed by atoms with Crippen molar-refractivity contribution < 1.29 is 9.53 Å². The quantitative estimate of drug-likeness (QED) is 0.283. The number of benzene rings is 2. The topological polar surface area (TPSA) is 74.8 Å². The average molecular weight is 496 g/mol. The van der Waals surface area contributed by atoms with E-state index in [1.54, 1.807) is 7.05 Å². The Morgan fingerprint density at radius 3 is 2.32 bits per heavy atom. The summed E-state index contributed by atoms with van der Waals surface area (Å²) >= 11 is 0. The lowest BCUT2D eigenvalue weighted by Crippen LogP contribution is -2.43. The number of carbonyl (C=O) groups excluding carboxylic acids is 1. The van der Waals surface area contributed by atoms with Crippen LogP contribution in [-0.2, 0) is 16.1 Å². The van der Waals surface area contributed by atoms with Gasteiger partial charge in [0.25, 0.3) is 0 Å². The van der Waals surface area contributed by atoms with E-state index in [0.29, 0.717) is 31.6 Å². The van der Waals surface area contributed by atoms with Crippen LogP contribution in [0, 0.1) is 5.92 Å². The Labute approximate surface area is 184 Å². The molecule has 3 N–H and O–H groups in total. The van der Waals surface area contributed by atoms with Gasteiger partial charge in [0.2, 0.25) is 5.91 Å². The van der Waals surface area contributed by atoms with Crippen LogP contribution >= 0.6 is 24.0 Å². The Hall–Kier alpha value is -2.13. The number of nitrogens with zero attached hydrogens (tertiary/aromatic N) is 1. The van der Waals surface area contributed by atoms with Crippen molar-refractivity contribution in [2.24, 2.45) is 10.9 Å². The number of para-hydroxylation sites is 1. The summed E-state index contributed by atoms with van der Waals surface area (Å²) in [7, 11) is 1.68. The van der Waals surface area contributed by atoms with E-state index in [1.165, 1.54) is 5.56 Å². The molecule has 0 heterocycles. The van der Waals surface area contributed by atoms with Gasteiger partial charge in [0.15, 0.2) is 5.96 Å². The smallest absolute Gasteiger partial charge is 0.243 e. The molecule has 28 heavy (non-hydrogen) atoms. The van der Waals surface area contributed by atoms with Gasteiger partial charge in [-0.05, 0) is 23.6 Å². The molecule has 1 unspecified atom stereocenters. The highest BCUT2D eigenvalue weighted by Gasteiger charge is 2.07. The molecule has 0 radical (unpaired) electrons. The van der Waals surface area contributed by atoms with Crippen LogP contribution in [0.5, 0.6) is 0 Å². The van der Waals surface area contributed by atoms with Crippen molar-refractivity contribution in [2.75, 3.05) is 32.1 Å². The third-order valence-corrected chi connectivity index (χ3v) is 3.83. The molecule has 6 nitrogen and oxygen atoms in total. The minimum Gasteiger partial charge on any atom is -0.376 e. The van der Waals surface area contributed by atoms with E-state index in [-0.39, 0.29) is 36.4 Å². The van der Waals surface area contributed by atoms with Gasteiger partial charge in [-0.1, -0.05) is 55.5 Å². The fraction of sp³-hybridized carbons (Fsp3) is 0.333. The van der Waals surface area contributed by atoms with E-state index >= 15 is 0 Å². The van der Waals surface area contributed by atoms with Crippen molar-refractivity contribution in [2.45, 2.75) is 13.5 Å². The summed E-state index contributed by atoms with van der Waals surface area (Å²) in [4.78, 5) is 16.1. The zero-order valence-corrected chi connectivity index (χ0v) is 18.7. The molecule has 2 aromatic rings. The molecular formula is C21H29IN4O2. The summed E-state index contributed by atoms with van der Waals surface area (Å²) in [5.41, 5.74) is 1.94. The van der Waals surface area contributed by atoms with Crippen molar-refractivity contribution in [3.05, 3.63) is 66.2 Å². The lowest BCUT2D eigenvalue weighted by atomic mass is 10.2. The number of ether oxygens (including phenoxy) is 1. The number of hydrogen-bond donors (Lipinski definition) is 3. The van der Waals surface area contributed by atoms with E-state index in [4.69, 9.17) is 4.74 Å². The number of rotatable bonds is 9. The fourth-order valence-electron chi connectivity index (χ4n) is 2.39. The molecule has 0 saturated heterocycles. The van der Waals surface area contributed by atoms with E-state index in [0.717, 1.165) is 5.69 Å². The largest absolute Gasteiger partial charge is 0.376 e. The predicted molar refractivity (Wildman–Crippen MR) is 125 cm³/mol. The highest BCUT2D eigenvalue weighted by atomic mass is 127. The lowest BCUT2D eigenvalue weighted by Gasteiger charge is -2.16. The zero-order valence-electron chi connectivity index (χ0n) is 16.4. The second kappa shape index (κ2) is 14.0. The Kier molecular flexibility index (Phi) is 11.9. The molecule has 0 saturated carbocycles. The van der Waals surface area contributed by atoms with Crippen molar-refractivity contribution in [1.29, 1.82) is 0 Å². The Balaban J connectivity index is 0.00000392. The highest BCUT2D eigenvalue weighted by molar-refractivity contribution is 14.0. The van der Waals surface area contributed by atoms with Crippen LogP contribution in [0.15, 0.2) is 65.7 Å². The molecule has 1 atom stereocenters. The van der Waals surface area contributed by atoms with Crippen molar-refractivity contribution >= 4 is 41.5 Å². The van der Waals surface area contributed by atoms with Gasteiger partial charge in [0, 0.05) is 19.3 Å². The number of anilines is 1. The molecule has 2 aromatic carbocycles. The number of hydrogen-bond acceptors (Lipinski definition) is 3. The Morgan fingerprint density at radius 2 is 1.68 bits per heavy atom. The molecule has 0 aliphatic carbocycles. The number of guanidine groups is 1. The third-order valence-electron chi connectivity index (χ3n) is 3.83. The molecule has 0 aliphatic heterocycles. The summed E-state index contributed by atoms with van der Waals surface area (Å²) in [6.07, 6.45) is 0. The molecule has 0 fully saturated rings. The molecule has 2 rings (SSSR count). The van der Waals surface area contributed by atoms with E-state index in [2.05, 4.69) is 40.0 Å². The van der Waals surface area contributed by atoms with E-state index in [1.807, 2.05) is 48.5 Å². The minimum absolute atomic E-state index is 0. The van der Waals surface area contributed by atoms with Crippen LogP contribution < -0.4 is 16.0 Å². The maximum absolute atomic E-state index is 12.0. The number of halogens is 1. The first kappa shape index (κ1) is 23.9. The molecule has 7 heteroatoms. The first-order chi connectivity index (χ1) is 13.2. The minimum atomic E-state index is -0.122. The second-order valence-electron chi connectivity index (χ2n) is 6.33. The molecule has 0 bridgehead atoms. The highest BCUT2D eigenvalue weighted by Crippen LogP contribution is 2.04. The van der Waals surface area contributed by atoms with Crippen LogP contribution in [0.2, 0.25) is 0 Å². The van der Waals surface area contributed by atoms with Gasteiger partial charge in [-0.25, -0.2) is 0 Å². The van der Waals surface area contributed by atoms with Gasteiger partial charge in [-0.15, -0.1) is 24.0 Å². The van der Waals surface area contributed by atoms with Crippen LogP contribution in [0.1, 0.15) is 12.5 Å².